The lowest BCUT2D eigenvalue weighted by atomic mass is 10.2. The van der Waals surface area contributed by atoms with E-state index in [0.717, 1.165) is 64.7 Å². The Morgan fingerprint density at radius 1 is 0.692 bits per heavy atom. The average molecular weight is 370 g/mol. The summed E-state index contributed by atoms with van der Waals surface area (Å²) >= 11 is 0. The number of rotatable bonds is 9. The number of piperidine rings is 1. The van der Waals surface area contributed by atoms with Crippen molar-refractivity contribution in [1.29, 1.82) is 0 Å². The first kappa shape index (κ1) is 20.7. The molecule has 150 valence electrons. The Hall–Kier alpha value is -1.58. The number of unbranched alkanes of at least 4 members (excludes halogenated alkanes) is 3. The summed E-state index contributed by atoms with van der Waals surface area (Å²) in [6.45, 7) is 6.01. The second kappa shape index (κ2) is 12.7. The topological polar surface area (TPSA) is 98.0 Å². The quantitative estimate of drug-likeness (QED) is 0.450. The number of carbonyl (C=O) groups is 2. The zero-order valence-electron chi connectivity index (χ0n) is 15.7. The van der Waals surface area contributed by atoms with Gasteiger partial charge in [0.05, 0.1) is 13.2 Å². The predicted molar refractivity (Wildman–Crippen MR) is 99.4 cm³/mol. The van der Waals surface area contributed by atoms with Crippen LogP contribution in [-0.4, -0.2) is 74.6 Å². The van der Waals surface area contributed by atoms with Crippen LogP contribution in [0.2, 0.25) is 0 Å². The van der Waals surface area contributed by atoms with Gasteiger partial charge in [-0.2, -0.15) is 0 Å². The third-order valence-corrected chi connectivity index (χ3v) is 4.56. The molecule has 9 nitrogen and oxygen atoms in total. The van der Waals surface area contributed by atoms with Gasteiger partial charge in [0.25, 0.3) is 0 Å². The molecule has 0 aromatic rings. The Morgan fingerprint density at radius 3 is 1.73 bits per heavy atom. The second-order valence-electron chi connectivity index (χ2n) is 6.80. The SMILES string of the molecule is O=C(NCCCCCCNC(=O)NN1CCOCC1)NN1CCCCC1. The Bertz CT molecular complexity index is 373. The Kier molecular flexibility index (Phi) is 10.1. The van der Waals surface area contributed by atoms with Gasteiger partial charge in [-0.25, -0.2) is 19.6 Å². The van der Waals surface area contributed by atoms with E-state index < -0.39 is 0 Å². The fraction of sp³-hybridized carbons (Fsp3) is 0.882. The van der Waals surface area contributed by atoms with Crippen LogP contribution >= 0.6 is 0 Å². The highest BCUT2D eigenvalue weighted by Crippen LogP contribution is 2.05. The number of hydrogen-bond acceptors (Lipinski definition) is 5. The van der Waals surface area contributed by atoms with Crippen molar-refractivity contribution in [2.45, 2.75) is 44.9 Å². The third-order valence-electron chi connectivity index (χ3n) is 4.56. The van der Waals surface area contributed by atoms with Crippen molar-refractivity contribution in [2.24, 2.45) is 0 Å². The van der Waals surface area contributed by atoms with Gasteiger partial charge < -0.3 is 15.4 Å². The van der Waals surface area contributed by atoms with Crippen molar-refractivity contribution in [1.82, 2.24) is 31.5 Å². The fourth-order valence-corrected chi connectivity index (χ4v) is 3.05. The molecule has 0 radical (unpaired) electrons. The molecule has 0 unspecified atom stereocenters. The van der Waals surface area contributed by atoms with Crippen molar-refractivity contribution in [3.8, 4) is 0 Å². The second-order valence-corrected chi connectivity index (χ2v) is 6.80. The maximum absolute atomic E-state index is 11.8. The molecule has 0 bridgehead atoms. The molecule has 2 fully saturated rings. The molecule has 2 heterocycles. The van der Waals surface area contributed by atoms with Crippen molar-refractivity contribution in [3.63, 3.8) is 0 Å². The minimum Gasteiger partial charge on any atom is -0.379 e. The van der Waals surface area contributed by atoms with Crippen molar-refractivity contribution < 1.29 is 14.3 Å². The van der Waals surface area contributed by atoms with E-state index in [1.54, 1.807) is 0 Å². The van der Waals surface area contributed by atoms with Crippen LogP contribution < -0.4 is 21.5 Å². The average Bonchev–Trinajstić information content (AvgIpc) is 2.65. The first-order valence-electron chi connectivity index (χ1n) is 9.90. The predicted octanol–water partition coefficient (Wildman–Crippen LogP) is 0.793. The number of carbonyl (C=O) groups excluding carboxylic acids is 2. The summed E-state index contributed by atoms with van der Waals surface area (Å²) in [6.07, 6.45) is 7.52. The molecule has 4 N–H and O–H groups in total. The van der Waals surface area contributed by atoms with Crippen LogP contribution in [-0.2, 0) is 4.74 Å². The molecule has 0 spiro atoms. The van der Waals surface area contributed by atoms with E-state index in [2.05, 4.69) is 21.5 Å². The fourth-order valence-electron chi connectivity index (χ4n) is 3.05. The van der Waals surface area contributed by atoms with Crippen LogP contribution in [0.15, 0.2) is 0 Å². The van der Waals surface area contributed by atoms with E-state index in [1.165, 1.54) is 6.42 Å². The monoisotopic (exact) mass is 370 g/mol. The van der Waals surface area contributed by atoms with Crippen molar-refractivity contribution >= 4 is 12.1 Å². The molecule has 4 amide bonds. The lowest BCUT2D eigenvalue weighted by molar-refractivity contribution is 0.0195. The van der Waals surface area contributed by atoms with Crippen LogP contribution in [0.1, 0.15) is 44.9 Å². The van der Waals surface area contributed by atoms with E-state index in [1.807, 2.05) is 10.0 Å². The molecule has 0 aromatic heterocycles. The zero-order chi connectivity index (χ0) is 18.5. The van der Waals surface area contributed by atoms with Crippen LogP contribution in [0.4, 0.5) is 9.59 Å². The number of morpholine rings is 1. The van der Waals surface area contributed by atoms with Crippen LogP contribution in [0, 0.1) is 0 Å². The first-order chi connectivity index (χ1) is 12.7. The van der Waals surface area contributed by atoms with Gasteiger partial charge in [-0.3, -0.25) is 10.9 Å². The highest BCUT2D eigenvalue weighted by Gasteiger charge is 2.13. The lowest BCUT2D eigenvalue weighted by Crippen LogP contribution is -2.51. The van der Waals surface area contributed by atoms with Gasteiger partial charge in [-0.1, -0.05) is 19.3 Å². The summed E-state index contributed by atoms with van der Waals surface area (Å²) in [5.41, 5.74) is 5.71. The van der Waals surface area contributed by atoms with Gasteiger partial charge in [0.2, 0.25) is 0 Å². The molecule has 2 aliphatic rings. The van der Waals surface area contributed by atoms with E-state index in [0.29, 0.717) is 26.3 Å². The molecule has 2 aliphatic heterocycles. The highest BCUT2D eigenvalue weighted by atomic mass is 16.5. The Morgan fingerprint density at radius 2 is 1.19 bits per heavy atom. The Labute approximate surface area is 156 Å². The van der Waals surface area contributed by atoms with Gasteiger partial charge in [-0.15, -0.1) is 0 Å². The van der Waals surface area contributed by atoms with E-state index >= 15 is 0 Å². The van der Waals surface area contributed by atoms with Gasteiger partial charge >= 0.3 is 12.1 Å². The van der Waals surface area contributed by atoms with Crippen LogP contribution in [0.5, 0.6) is 0 Å². The summed E-state index contributed by atoms with van der Waals surface area (Å²) in [5, 5.41) is 9.63. The molecule has 2 rings (SSSR count). The smallest absolute Gasteiger partial charge is 0.329 e. The minimum absolute atomic E-state index is 0.103. The van der Waals surface area contributed by atoms with E-state index in [4.69, 9.17) is 4.74 Å². The van der Waals surface area contributed by atoms with Gasteiger partial charge in [-0.05, 0) is 25.7 Å². The number of nitrogens with one attached hydrogen (secondary N) is 4. The molecule has 0 aromatic carbocycles. The summed E-state index contributed by atoms with van der Waals surface area (Å²) in [6, 6.07) is -0.253. The molecule has 26 heavy (non-hydrogen) atoms. The third kappa shape index (κ3) is 9.21. The number of amides is 4. The van der Waals surface area contributed by atoms with E-state index in [9.17, 15) is 9.59 Å². The highest BCUT2D eigenvalue weighted by molar-refractivity contribution is 5.73. The minimum atomic E-state index is -0.150. The summed E-state index contributed by atoms with van der Waals surface area (Å²) in [4.78, 5) is 23.5. The molecule has 2 saturated heterocycles. The lowest BCUT2D eigenvalue weighted by Gasteiger charge is -2.26. The van der Waals surface area contributed by atoms with Crippen LogP contribution in [0.25, 0.3) is 0 Å². The summed E-state index contributed by atoms with van der Waals surface area (Å²) in [7, 11) is 0. The first-order valence-corrected chi connectivity index (χ1v) is 9.90. The number of nitrogens with zero attached hydrogens (tertiary/aromatic N) is 2. The number of urea groups is 2. The van der Waals surface area contributed by atoms with Gasteiger partial charge in [0, 0.05) is 39.3 Å². The molecular formula is C17H34N6O3. The van der Waals surface area contributed by atoms with Gasteiger partial charge in [0.15, 0.2) is 0 Å². The molecule has 0 atom stereocenters. The molecule has 9 heteroatoms. The summed E-state index contributed by atoms with van der Waals surface area (Å²) in [5.74, 6) is 0. The van der Waals surface area contributed by atoms with Gasteiger partial charge in [0.1, 0.15) is 0 Å². The van der Waals surface area contributed by atoms with E-state index in [-0.39, 0.29) is 12.1 Å². The number of hydrazine groups is 2. The number of ether oxygens (including phenoxy) is 1. The zero-order valence-corrected chi connectivity index (χ0v) is 15.7. The summed E-state index contributed by atoms with van der Waals surface area (Å²) < 4.78 is 5.23. The largest absolute Gasteiger partial charge is 0.379 e. The van der Waals surface area contributed by atoms with Crippen molar-refractivity contribution in [3.05, 3.63) is 0 Å². The molecular weight excluding hydrogens is 336 g/mol. The standard InChI is InChI=1S/C17H34N6O3/c24-16(20-22-10-6-3-7-11-22)18-8-4-1-2-5-9-19-17(25)21-23-12-14-26-15-13-23/h1-15H2,(H2,18,20,24)(H2,19,21,25). The number of hydrogen-bond donors (Lipinski definition) is 4. The van der Waals surface area contributed by atoms with Crippen LogP contribution in [0.3, 0.4) is 0 Å². The maximum Gasteiger partial charge on any atom is 0.329 e. The maximum atomic E-state index is 11.8. The molecule has 0 saturated carbocycles. The molecule has 0 aliphatic carbocycles. The Balaban J connectivity index is 1.36. The normalized spacial score (nSPS) is 18.9. The van der Waals surface area contributed by atoms with Crippen molar-refractivity contribution in [2.75, 3.05) is 52.5 Å².